The summed E-state index contributed by atoms with van der Waals surface area (Å²) in [4.78, 5) is 13.3. The van der Waals surface area contributed by atoms with E-state index >= 15 is 0 Å². The number of hydrogen-bond acceptors (Lipinski definition) is 3. The minimum absolute atomic E-state index is 0.189. The van der Waals surface area contributed by atoms with E-state index in [1.165, 1.54) is 12.8 Å². The summed E-state index contributed by atoms with van der Waals surface area (Å²) < 4.78 is 0. The van der Waals surface area contributed by atoms with Crippen molar-refractivity contribution < 1.29 is 15.0 Å². The zero-order chi connectivity index (χ0) is 14.5. The third-order valence-corrected chi connectivity index (χ3v) is 5.20. The fourth-order valence-corrected chi connectivity index (χ4v) is 3.94. The van der Waals surface area contributed by atoms with Crippen LogP contribution >= 0.6 is 0 Å². The Morgan fingerprint density at radius 2 is 1.95 bits per heavy atom. The highest BCUT2D eigenvalue weighted by molar-refractivity contribution is 5.67. The number of likely N-dealkylation sites (tertiary alicyclic amines) is 1. The summed E-state index contributed by atoms with van der Waals surface area (Å²) >= 11 is 0. The molecule has 1 aliphatic carbocycles. The molecular weight excluding hydrogens is 254 g/mol. The summed E-state index contributed by atoms with van der Waals surface area (Å²) in [5.74, 6) is 0.0117. The molecule has 0 spiro atoms. The predicted octanol–water partition coefficient (Wildman–Crippen LogP) is 2.50. The Bertz CT molecular complexity index is 321. The van der Waals surface area contributed by atoms with Crippen LogP contribution in [-0.4, -0.2) is 46.3 Å². The number of hydrogen-bond donors (Lipinski definition) is 2. The minimum atomic E-state index is -0.691. The highest BCUT2D eigenvalue weighted by atomic mass is 16.4. The van der Waals surface area contributed by atoms with Crippen LogP contribution in [0.15, 0.2) is 0 Å². The summed E-state index contributed by atoms with van der Waals surface area (Å²) in [5, 5.41) is 19.3. The van der Waals surface area contributed by atoms with E-state index in [1.807, 2.05) is 0 Å². The molecule has 0 aromatic carbocycles. The fourth-order valence-electron chi connectivity index (χ4n) is 3.94. The van der Waals surface area contributed by atoms with Crippen molar-refractivity contribution in [2.45, 2.75) is 70.4 Å². The molecule has 20 heavy (non-hydrogen) atoms. The number of aliphatic hydroxyl groups excluding tert-OH is 1. The lowest BCUT2D eigenvalue weighted by Crippen LogP contribution is -2.49. The van der Waals surface area contributed by atoms with Gasteiger partial charge in [-0.2, -0.15) is 0 Å². The van der Waals surface area contributed by atoms with E-state index in [1.54, 1.807) is 0 Å². The maximum atomic E-state index is 10.9. The molecule has 0 amide bonds. The van der Waals surface area contributed by atoms with Crippen LogP contribution in [0, 0.1) is 11.8 Å². The third kappa shape index (κ3) is 4.19. The van der Waals surface area contributed by atoms with Crippen molar-refractivity contribution in [3.05, 3.63) is 0 Å². The molecule has 0 aromatic heterocycles. The first-order chi connectivity index (χ1) is 9.58. The van der Waals surface area contributed by atoms with E-state index in [2.05, 4.69) is 11.8 Å². The summed E-state index contributed by atoms with van der Waals surface area (Å²) in [6.45, 7) is 4.10. The molecule has 1 saturated carbocycles. The summed E-state index contributed by atoms with van der Waals surface area (Å²) in [6.07, 6.45) is 7.97. The molecule has 2 N–H and O–H groups in total. The molecule has 2 aliphatic rings. The third-order valence-electron chi connectivity index (χ3n) is 5.20. The second-order valence-electron chi connectivity index (χ2n) is 6.75. The zero-order valence-electron chi connectivity index (χ0n) is 12.6. The van der Waals surface area contributed by atoms with Gasteiger partial charge in [-0.1, -0.05) is 26.2 Å². The van der Waals surface area contributed by atoms with Crippen molar-refractivity contribution in [1.82, 2.24) is 4.90 Å². The molecule has 116 valence electrons. The Kier molecular flexibility index (Phi) is 5.85. The van der Waals surface area contributed by atoms with Crippen molar-refractivity contribution in [1.29, 1.82) is 0 Å². The van der Waals surface area contributed by atoms with Crippen molar-refractivity contribution in [2.75, 3.05) is 13.1 Å². The van der Waals surface area contributed by atoms with Crippen molar-refractivity contribution >= 4 is 5.97 Å². The van der Waals surface area contributed by atoms with Gasteiger partial charge in [0.25, 0.3) is 0 Å². The molecule has 1 aliphatic heterocycles. The van der Waals surface area contributed by atoms with Gasteiger partial charge in [0, 0.05) is 19.0 Å². The van der Waals surface area contributed by atoms with Gasteiger partial charge < -0.3 is 10.2 Å². The molecule has 0 radical (unpaired) electrons. The van der Waals surface area contributed by atoms with Crippen LogP contribution in [0.2, 0.25) is 0 Å². The normalized spacial score (nSPS) is 34.4. The number of piperidine rings is 1. The molecule has 4 atom stereocenters. The molecule has 1 saturated heterocycles. The molecule has 0 bridgehead atoms. The van der Waals surface area contributed by atoms with Crippen molar-refractivity contribution in [2.24, 2.45) is 11.8 Å². The highest BCUT2D eigenvalue weighted by Crippen LogP contribution is 2.30. The van der Waals surface area contributed by atoms with Gasteiger partial charge in [0.1, 0.15) is 0 Å². The second-order valence-corrected chi connectivity index (χ2v) is 6.75. The molecule has 2 rings (SSSR count). The van der Waals surface area contributed by atoms with E-state index in [0.29, 0.717) is 12.0 Å². The van der Waals surface area contributed by atoms with Crippen LogP contribution in [0.4, 0.5) is 0 Å². The molecule has 1 heterocycles. The Morgan fingerprint density at radius 1 is 1.20 bits per heavy atom. The lowest BCUT2D eigenvalue weighted by molar-refractivity contribution is -0.138. The monoisotopic (exact) mass is 283 g/mol. The standard InChI is InChI=1S/C16H29NO3/c1-12(10-16(19)20)13-6-5-9-17(11-13)14-7-3-2-4-8-15(14)18/h12-15,18H,2-11H2,1H3,(H,19,20). The van der Waals surface area contributed by atoms with Gasteiger partial charge in [0.05, 0.1) is 6.10 Å². The maximum Gasteiger partial charge on any atom is 0.303 e. The number of aliphatic hydroxyl groups is 1. The molecular formula is C16H29NO3. The van der Waals surface area contributed by atoms with Crippen LogP contribution in [0.25, 0.3) is 0 Å². The predicted molar refractivity (Wildman–Crippen MR) is 78.6 cm³/mol. The Hall–Kier alpha value is -0.610. The van der Waals surface area contributed by atoms with Gasteiger partial charge in [0.2, 0.25) is 0 Å². The SMILES string of the molecule is CC(CC(=O)O)C1CCCN(C2CCCCCC2O)C1. The molecule has 4 nitrogen and oxygen atoms in total. The van der Waals surface area contributed by atoms with E-state index < -0.39 is 5.97 Å². The van der Waals surface area contributed by atoms with E-state index in [4.69, 9.17) is 5.11 Å². The Labute approximate surface area is 122 Å². The van der Waals surface area contributed by atoms with E-state index in [9.17, 15) is 9.90 Å². The Morgan fingerprint density at radius 3 is 2.70 bits per heavy atom. The van der Waals surface area contributed by atoms with Gasteiger partial charge in [-0.25, -0.2) is 0 Å². The lowest BCUT2D eigenvalue weighted by Gasteiger charge is -2.41. The molecule has 0 aromatic rings. The van der Waals surface area contributed by atoms with Gasteiger partial charge in [-0.3, -0.25) is 9.69 Å². The quantitative estimate of drug-likeness (QED) is 0.778. The first kappa shape index (κ1) is 15.8. The number of carboxylic acid groups (broad SMARTS) is 1. The summed E-state index contributed by atoms with van der Waals surface area (Å²) in [5.41, 5.74) is 0. The summed E-state index contributed by atoms with van der Waals surface area (Å²) in [7, 11) is 0. The molecule has 4 heteroatoms. The van der Waals surface area contributed by atoms with Gasteiger partial charge in [-0.05, 0) is 44.1 Å². The average Bonchev–Trinajstić information content (AvgIpc) is 2.63. The number of nitrogens with zero attached hydrogens (tertiary/aromatic N) is 1. The van der Waals surface area contributed by atoms with Crippen LogP contribution in [0.3, 0.4) is 0 Å². The Balaban J connectivity index is 1.93. The first-order valence-corrected chi connectivity index (χ1v) is 8.22. The second kappa shape index (κ2) is 7.41. The number of carbonyl (C=O) groups is 1. The van der Waals surface area contributed by atoms with Gasteiger partial charge >= 0.3 is 5.97 Å². The minimum Gasteiger partial charge on any atom is -0.481 e. The maximum absolute atomic E-state index is 10.9. The lowest BCUT2D eigenvalue weighted by atomic mass is 9.83. The molecule has 4 unspecified atom stereocenters. The number of rotatable bonds is 4. The smallest absolute Gasteiger partial charge is 0.303 e. The van der Waals surface area contributed by atoms with E-state index in [0.717, 1.165) is 45.2 Å². The summed E-state index contributed by atoms with van der Waals surface area (Å²) in [6, 6.07) is 0.303. The topological polar surface area (TPSA) is 60.8 Å². The van der Waals surface area contributed by atoms with Crippen LogP contribution in [0.1, 0.15) is 58.3 Å². The number of aliphatic carboxylic acids is 1. The van der Waals surface area contributed by atoms with Crippen molar-refractivity contribution in [3.63, 3.8) is 0 Å². The van der Waals surface area contributed by atoms with Crippen molar-refractivity contribution in [3.8, 4) is 0 Å². The first-order valence-electron chi connectivity index (χ1n) is 8.22. The van der Waals surface area contributed by atoms with Crippen LogP contribution in [0.5, 0.6) is 0 Å². The number of carboxylic acids is 1. The van der Waals surface area contributed by atoms with Gasteiger partial charge in [0.15, 0.2) is 0 Å². The van der Waals surface area contributed by atoms with E-state index in [-0.39, 0.29) is 18.4 Å². The van der Waals surface area contributed by atoms with Crippen LogP contribution in [-0.2, 0) is 4.79 Å². The zero-order valence-corrected chi connectivity index (χ0v) is 12.6. The largest absolute Gasteiger partial charge is 0.481 e. The highest BCUT2D eigenvalue weighted by Gasteiger charge is 2.33. The van der Waals surface area contributed by atoms with Gasteiger partial charge in [-0.15, -0.1) is 0 Å². The fraction of sp³-hybridized carbons (Fsp3) is 0.938. The molecule has 2 fully saturated rings. The average molecular weight is 283 g/mol. The van der Waals surface area contributed by atoms with Crippen LogP contribution < -0.4 is 0 Å².